The molecule has 0 bridgehead atoms. The van der Waals surface area contributed by atoms with E-state index in [1.54, 1.807) is 0 Å². The van der Waals surface area contributed by atoms with Gasteiger partial charge in [0.1, 0.15) is 18.1 Å². The van der Waals surface area contributed by atoms with Crippen molar-refractivity contribution in [3.05, 3.63) is 0 Å². The first-order chi connectivity index (χ1) is 20.8. The summed E-state index contributed by atoms with van der Waals surface area (Å²) in [5, 5.41) is 20.4. The second-order valence-electron chi connectivity index (χ2n) is 10.3. The minimum absolute atomic E-state index is 0.0329. The van der Waals surface area contributed by atoms with Crippen molar-refractivity contribution < 1.29 is 53.1 Å². The van der Waals surface area contributed by atoms with Gasteiger partial charge in [0, 0.05) is 32.2 Å². The maximum absolute atomic E-state index is 12.1. The molecule has 0 saturated carbocycles. The number of hydrogen-bond donors (Lipinski definition) is 4. The number of nitrogens with two attached hydrogens (primary N) is 1. The van der Waals surface area contributed by atoms with Crippen molar-refractivity contribution in [2.24, 2.45) is 11.7 Å². The maximum atomic E-state index is 12.1. The Morgan fingerprint density at radius 2 is 1.07 bits per heavy atom. The van der Waals surface area contributed by atoms with E-state index in [1.165, 1.54) is 19.3 Å². The normalized spacial score (nSPS) is 12.5. The van der Waals surface area contributed by atoms with Gasteiger partial charge in [0.05, 0.1) is 58.8 Å². The monoisotopic (exact) mass is 618 g/mol. The molecule has 0 aliphatic carbocycles. The molecule has 0 aliphatic rings. The number of nitrogens with one attached hydrogen (secondary N) is 1. The largest absolute Gasteiger partial charge is 0.481 e. The van der Waals surface area contributed by atoms with Crippen LogP contribution in [-0.2, 0) is 42.9 Å². The molecule has 0 spiro atoms. The Kier molecular flexibility index (Phi) is 27.9. The Bertz CT molecular complexity index is 752. The van der Waals surface area contributed by atoms with Gasteiger partial charge >= 0.3 is 11.9 Å². The lowest BCUT2D eigenvalue weighted by atomic mass is 9.91. The summed E-state index contributed by atoms with van der Waals surface area (Å²) in [5.74, 6) is -3.48. The molecule has 2 atom stereocenters. The number of carbonyl (C=O) groups excluding carboxylic acids is 3. The average molecular weight is 619 g/mol. The number of rotatable bonds is 33. The molecular formula is C30H54N2O11. The molecule has 43 heavy (non-hydrogen) atoms. The van der Waals surface area contributed by atoms with Crippen LogP contribution in [0.1, 0.15) is 89.9 Å². The second-order valence-corrected chi connectivity index (χ2v) is 10.3. The second kappa shape index (κ2) is 29.6. The van der Waals surface area contributed by atoms with Crippen molar-refractivity contribution in [2.75, 3.05) is 59.4 Å². The first-order valence-corrected chi connectivity index (χ1v) is 15.5. The SMILES string of the molecule is N[C@H](C(=O)O)C(CC=O)C(=O)CCOCCOCCOCCOCCNC(=O)CCCCCCCCCCCCC(=O)O. The van der Waals surface area contributed by atoms with Crippen molar-refractivity contribution in [2.45, 2.75) is 95.9 Å². The third-order valence-corrected chi connectivity index (χ3v) is 6.70. The van der Waals surface area contributed by atoms with Gasteiger partial charge in [-0.3, -0.25) is 19.2 Å². The maximum Gasteiger partial charge on any atom is 0.321 e. The molecule has 13 nitrogen and oxygen atoms in total. The van der Waals surface area contributed by atoms with E-state index in [1.807, 2.05) is 0 Å². The molecule has 0 heterocycles. The fourth-order valence-corrected chi connectivity index (χ4v) is 4.20. The number of hydrogen-bond acceptors (Lipinski definition) is 10. The highest BCUT2D eigenvalue weighted by atomic mass is 16.6. The lowest BCUT2D eigenvalue weighted by Gasteiger charge is -2.17. The van der Waals surface area contributed by atoms with Crippen LogP contribution in [-0.4, -0.2) is 106 Å². The molecule has 0 aliphatic heterocycles. The zero-order valence-corrected chi connectivity index (χ0v) is 25.6. The van der Waals surface area contributed by atoms with Crippen LogP contribution >= 0.6 is 0 Å². The third kappa shape index (κ3) is 26.9. The van der Waals surface area contributed by atoms with Gasteiger partial charge in [-0.15, -0.1) is 0 Å². The predicted octanol–water partition coefficient (Wildman–Crippen LogP) is 2.51. The number of carbonyl (C=O) groups is 5. The highest BCUT2D eigenvalue weighted by Gasteiger charge is 2.29. The highest BCUT2D eigenvalue weighted by Crippen LogP contribution is 2.12. The third-order valence-electron chi connectivity index (χ3n) is 6.70. The number of carboxylic acid groups (broad SMARTS) is 2. The van der Waals surface area contributed by atoms with Crippen molar-refractivity contribution >= 4 is 29.9 Å². The van der Waals surface area contributed by atoms with Gasteiger partial charge in [0.15, 0.2) is 0 Å². The Labute approximate surface area is 255 Å². The Balaban J connectivity index is 3.39. The molecule has 250 valence electrons. The zero-order valence-electron chi connectivity index (χ0n) is 25.6. The van der Waals surface area contributed by atoms with E-state index in [9.17, 15) is 24.0 Å². The minimum Gasteiger partial charge on any atom is -0.481 e. The van der Waals surface area contributed by atoms with Crippen LogP contribution in [0.3, 0.4) is 0 Å². The smallest absolute Gasteiger partial charge is 0.321 e. The zero-order chi connectivity index (χ0) is 32.0. The number of carboxylic acids is 2. The molecule has 5 N–H and O–H groups in total. The van der Waals surface area contributed by atoms with Crippen LogP contribution in [0, 0.1) is 5.92 Å². The minimum atomic E-state index is -1.42. The summed E-state index contributed by atoms with van der Waals surface area (Å²) in [6.07, 6.45) is 11.7. The van der Waals surface area contributed by atoms with Gasteiger partial charge in [-0.25, -0.2) is 0 Å². The molecule has 1 amide bonds. The molecule has 0 aromatic heterocycles. The van der Waals surface area contributed by atoms with Gasteiger partial charge in [-0.2, -0.15) is 0 Å². The summed E-state index contributed by atoms with van der Waals surface area (Å²) in [4.78, 5) is 56.1. The van der Waals surface area contributed by atoms with Gasteiger partial charge < -0.3 is 45.0 Å². The fraction of sp³-hybridized carbons (Fsp3) is 0.833. The number of aldehydes is 1. The number of unbranched alkanes of at least 4 members (excludes halogenated alkanes) is 9. The van der Waals surface area contributed by atoms with E-state index in [4.69, 9.17) is 34.9 Å². The van der Waals surface area contributed by atoms with E-state index in [-0.39, 0.29) is 38.4 Å². The topological polar surface area (TPSA) is 201 Å². The van der Waals surface area contributed by atoms with Gasteiger partial charge in [0.2, 0.25) is 5.91 Å². The Hall–Kier alpha value is -2.45. The van der Waals surface area contributed by atoms with E-state index in [2.05, 4.69) is 5.32 Å². The standard InChI is InChI=1S/C30H54N2O11/c31-29(30(38)39)25(13-16-33)26(34)14-17-40-19-21-42-23-24-43-22-20-41-18-15-32-27(35)11-9-7-5-3-1-2-4-6-8-10-12-28(36)37/h16,25,29H,1-15,17-24,31H2,(H,32,35)(H,36,37)(H,38,39)/t25?,29-/m0/s1. The number of ether oxygens (including phenoxy) is 4. The molecule has 0 radical (unpaired) electrons. The molecule has 1 unspecified atom stereocenters. The van der Waals surface area contributed by atoms with Crippen LogP contribution in [0.4, 0.5) is 0 Å². The molecule has 0 fully saturated rings. The fourth-order valence-electron chi connectivity index (χ4n) is 4.20. The summed E-state index contributed by atoms with van der Waals surface area (Å²) in [6, 6.07) is -1.42. The molecule has 0 aromatic carbocycles. The Morgan fingerprint density at radius 3 is 1.53 bits per heavy atom. The molecular weight excluding hydrogens is 564 g/mol. The molecule has 0 aromatic rings. The summed E-state index contributed by atoms with van der Waals surface area (Å²) >= 11 is 0. The van der Waals surface area contributed by atoms with Gasteiger partial charge in [-0.05, 0) is 12.8 Å². The molecule has 13 heteroatoms. The predicted molar refractivity (Wildman–Crippen MR) is 159 cm³/mol. The quantitative estimate of drug-likeness (QED) is 0.0619. The molecule has 0 rings (SSSR count). The summed E-state index contributed by atoms with van der Waals surface area (Å²) in [6.45, 7) is 3.08. The summed E-state index contributed by atoms with van der Waals surface area (Å²) < 4.78 is 21.5. The van der Waals surface area contributed by atoms with Crippen LogP contribution in [0.5, 0.6) is 0 Å². The van der Waals surface area contributed by atoms with E-state index in [0.29, 0.717) is 58.9 Å². The Morgan fingerprint density at radius 1 is 0.628 bits per heavy atom. The average Bonchev–Trinajstić information content (AvgIpc) is 2.97. The van der Waals surface area contributed by atoms with E-state index in [0.717, 1.165) is 44.9 Å². The summed E-state index contributed by atoms with van der Waals surface area (Å²) in [5.41, 5.74) is 5.47. The van der Waals surface area contributed by atoms with Crippen LogP contribution < -0.4 is 11.1 Å². The van der Waals surface area contributed by atoms with Crippen molar-refractivity contribution in [3.63, 3.8) is 0 Å². The van der Waals surface area contributed by atoms with Crippen molar-refractivity contribution in [1.82, 2.24) is 5.32 Å². The highest BCUT2D eigenvalue weighted by molar-refractivity contribution is 5.89. The first kappa shape index (κ1) is 40.5. The van der Waals surface area contributed by atoms with Crippen LogP contribution in [0.2, 0.25) is 0 Å². The number of aliphatic carboxylic acids is 2. The van der Waals surface area contributed by atoms with Crippen molar-refractivity contribution in [3.8, 4) is 0 Å². The van der Waals surface area contributed by atoms with Crippen LogP contribution in [0.25, 0.3) is 0 Å². The van der Waals surface area contributed by atoms with Crippen molar-refractivity contribution in [1.29, 1.82) is 0 Å². The molecule has 0 saturated heterocycles. The van der Waals surface area contributed by atoms with Gasteiger partial charge in [-0.1, -0.05) is 51.4 Å². The van der Waals surface area contributed by atoms with Crippen LogP contribution in [0.15, 0.2) is 0 Å². The number of ketones is 1. The van der Waals surface area contributed by atoms with Gasteiger partial charge in [0.25, 0.3) is 0 Å². The lowest BCUT2D eigenvalue weighted by molar-refractivity contribution is -0.143. The van der Waals surface area contributed by atoms with E-state index >= 15 is 0 Å². The number of Topliss-reactive ketones (excluding diaryl/α,β-unsaturated/α-hetero) is 1. The summed E-state index contributed by atoms with van der Waals surface area (Å²) in [7, 11) is 0. The lowest BCUT2D eigenvalue weighted by Crippen LogP contribution is -2.42. The number of amides is 1. The van der Waals surface area contributed by atoms with E-state index < -0.39 is 29.7 Å². The first-order valence-electron chi connectivity index (χ1n) is 15.5.